The van der Waals surface area contributed by atoms with Gasteiger partial charge in [0.05, 0.1) is 5.56 Å². The van der Waals surface area contributed by atoms with Crippen LogP contribution in [-0.4, -0.2) is 31.0 Å². The quantitative estimate of drug-likeness (QED) is 0.633. The van der Waals surface area contributed by atoms with Gasteiger partial charge in [0.15, 0.2) is 16.6 Å². The molecule has 0 spiro atoms. The first-order chi connectivity index (χ1) is 8.74. The Morgan fingerprint density at radius 3 is 2.78 bits per heavy atom. The molecule has 8 heteroatoms. The number of rotatable bonds is 5. The lowest BCUT2D eigenvalue weighted by Crippen LogP contribution is -2.17. The third-order valence-corrected chi connectivity index (χ3v) is 3.02. The van der Waals surface area contributed by atoms with Crippen LogP contribution in [0.25, 0.3) is 0 Å². The maximum atomic E-state index is 11.5. The SMILES string of the molecule is CCCn1c(Sc2ncc(C=O)cn2)n[nH]c1=O. The minimum atomic E-state index is -0.246. The third-order valence-electron chi connectivity index (χ3n) is 2.14. The minimum absolute atomic E-state index is 0.246. The summed E-state index contributed by atoms with van der Waals surface area (Å²) in [5.74, 6) is 0. The highest BCUT2D eigenvalue weighted by Crippen LogP contribution is 2.20. The van der Waals surface area contributed by atoms with Gasteiger partial charge < -0.3 is 0 Å². The van der Waals surface area contributed by atoms with Crippen molar-refractivity contribution in [1.29, 1.82) is 0 Å². The van der Waals surface area contributed by atoms with E-state index in [1.54, 1.807) is 0 Å². The maximum absolute atomic E-state index is 11.5. The van der Waals surface area contributed by atoms with Crippen molar-refractivity contribution >= 4 is 18.0 Å². The number of carbonyl (C=O) groups excluding carboxylic acids is 1. The predicted molar refractivity (Wildman–Crippen MR) is 64.7 cm³/mol. The summed E-state index contributed by atoms with van der Waals surface area (Å²) in [6.45, 7) is 2.56. The first kappa shape index (κ1) is 12.5. The molecule has 1 N–H and O–H groups in total. The zero-order chi connectivity index (χ0) is 13.0. The number of hydrogen-bond donors (Lipinski definition) is 1. The first-order valence-electron chi connectivity index (χ1n) is 5.35. The number of aromatic nitrogens is 5. The molecule has 2 aromatic heterocycles. The van der Waals surface area contributed by atoms with Gasteiger partial charge >= 0.3 is 5.69 Å². The van der Waals surface area contributed by atoms with Crippen LogP contribution < -0.4 is 5.69 Å². The van der Waals surface area contributed by atoms with Gasteiger partial charge in [-0.25, -0.2) is 19.9 Å². The third kappa shape index (κ3) is 2.65. The smallest absolute Gasteiger partial charge is 0.298 e. The van der Waals surface area contributed by atoms with E-state index in [0.29, 0.717) is 28.7 Å². The summed E-state index contributed by atoms with van der Waals surface area (Å²) in [6.07, 6.45) is 4.36. The number of nitrogens with zero attached hydrogens (tertiary/aromatic N) is 4. The molecule has 94 valence electrons. The second kappa shape index (κ2) is 5.58. The van der Waals surface area contributed by atoms with E-state index >= 15 is 0 Å². The van der Waals surface area contributed by atoms with Gasteiger partial charge in [-0.3, -0.25) is 9.36 Å². The van der Waals surface area contributed by atoms with Gasteiger partial charge in [-0.2, -0.15) is 0 Å². The highest BCUT2D eigenvalue weighted by Gasteiger charge is 2.10. The van der Waals surface area contributed by atoms with E-state index < -0.39 is 0 Å². The van der Waals surface area contributed by atoms with Gasteiger partial charge in [0, 0.05) is 18.9 Å². The molecule has 18 heavy (non-hydrogen) atoms. The molecular weight excluding hydrogens is 254 g/mol. The summed E-state index contributed by atoms with van der Waals surface area (Å²) in [6, 6.07) is 0. The van der Waals surface area contributed by atoms with E-state index in [9.17, 15) is 9.59 Å². The fraction of sp³-hybridized carbons (Fsp3) is 0.300. The molecular formula is C10H11N5O2S. The summed E-state index contributed by atoms with van der Waals surface area (Å²) in [4.78, 5) is 29.9. The van der Waals surface area contributed by atoms with Crippen molar-refractivity contribution in [3.05, 3.63) is 28.4 Å². The Bertz CT molecular complexity index is 589. The largest absolute Gasteiger partial charge is 0.343 e. The normalized spacial score (nSPS) is 10.5. The second-order valence-corrected chi connectivity index (χ2v) is 4.42. The Labute approximate surface area is 107 Å². The van der Waals surface area contributed by atoms with Crippen LogP contribution in [0.15, 0.2) is 27.5 Å². The number of nitrogens with one attached hydrogen (secondary N) is 1. The van der Waals surface area contributed by atoms with E-state index in [0.717, 1.165) is 6.42 Å². The Kier molecular flexibility index (Phi) is 3.88. The predicted octanol–water partition coefficient (Wildman–Crippen LogP) is 0.735. The van der Waals surface area contributed by atoms with Gasteiger partial charge in [-0.15, -0.1) is 5.10 Å². The molecule has 0 atom stereocenters. The van der Waals surface area contributed by atoms with Gasteiger partial charge in [-0.1, -0.05) is 6.92 Å². The number of aldehydes is 1. The van der Waals surface area contributed by atoms with Crippen LogP contribution in [-0.2, 0) is 6.54 Å². The number of H-pyrrole nitrogens is 1. The molecule has 2 rings (SSSR count). The standard InChI is InChI=1S/C10H11N5O2S/c1-2-3-15-9(17)13-14-10(15)18-8-11-4-7(6-16)5-12-8/h4-6H,2-3H2,1H3,(H,13,17). The van der Waals surface area contributed by atoms with Gasteiger partial charge in [0.2, 0.25) is 0 Å². The lowest BCUT2D eigenvalue weighted by atomic mass is 10.4. The van der Waals surface area contributed by atoms with Crippen molar-refractivity contribution < 1.29 is 4.79 Å². The van der Waals surface area contributed by atoms with Crippen molar-refractivity contribution in [1.82, 2.24) is 24.7 Å². The van der Waals surface area contributed by atoms with Crippen LogP contribution in [0, 0.1) is 0 Å². The van der Waals surface area contributed by atoms with E-state index in [2.05, 4.69) is 20.2 Å². The summed E-state index contributed by atoms with van der Waals surface area (Å²) >= 11 is 1.18. The average molecular weight is 265 g/mol. The van der Waals surface area contributed by atoms with Gasteiger partial charge in [-0.05, 0) is 18.2 Å². The Morgan fingerprint density at radius 1 is 1.44 bits per heavy atom. The number of hydrogen-bond acceptors (Lipinski definition) is 6. The van der Waals surface area contributed by atoms with Crippen LogP contribution in [0.3, 0.4) is 0 Å². The van der Waals surface area contributed by atoms with Crippen molar-refractivity contribution in [2.45, 2.75) is 30.2 Å². The van der Waals surface area contributed by atoms with E-state index in [4.69, 9.17) is 0 Å². The lowest BCUT2D eigenvalue weighted by molar-refractivity contribution is 0.112. The molecule has 0 saturated carbocycles. The Morgan fingerprint density at radius 2 is 2.17 bits per heavy atom. The zero-order valence-corrected chi connectivity index (χ0v) is 10.5. The van der Waals surface area contributed by atoms with Crippen molar-refractivity contribution in [2.75, 3.05) is 0 Å². The monoisotopic (exact) mass is 265 g/mol. The molecule has 0 fully saturated rings. The highest BCUT2D eigenvalue weighted by molar-refractivity contribution is 7.99. The molecule has 0 saturated heterocycles. The molecule has 2 aromatic rings. The summed E-state index contributed by atoms with van der Waals surface area (Å²) in [5, 5.41) is 7.26. The average Bonchev–Trinajstić information content (AvgIpc) is 2.73. The summed E-state index contributed by atoms with van der Waals surface area (Å²) < 4.78 is 1.53. The fourth-order valence-corrected chi connectivity index (χ4v) is 2.07. The molecule has 0 unspecified atom stereocenters. The number of aromatic amines is 1. The van der Waals surface area contributed by atoms with Crippen LogP contribution in [0.4, 0.5) is 0 Å². The van der Waals surface area contributed by atoms with Gasteiger partial charge in [0.1, 0.15) is 0 Å². The van der Waals surface area contributed by atoms with Crippen molar-refractivity contribution in [3.8, 4) is 0 Å². The maximum Gasteiger partial charge on any atom is 0.343 e. The molecule has 7 nitrogen and oxygen atoms in total. The summed E-state index contributed by atoms with van der Waals surface area (Å²) in [5.41, 5.74) is 0.163. The highest BCUT2D eigenvalue weighted by atomic mass is 32.2. The van der Waals surface area contributed by atoms with Crippen molar-refractivity contribution in [2.24, 2.45) is 0 Å². The fourth-order valence-electron chi connectivity index (χ4n) is 1.32. The minimum Gasteiger partial charge on any atom is -0.298 e. The van der Waals surface area contributed by atoms with Crippen LogP contribution >= 0.6 is 11.8 Å². The van der Waals surface area contributed by atoms with E-state index in [1.165, 1.54) is 28.7 Å². The van der Waals surface area contributed by atoms with Crippen LogP contribution in [0.1, 0.15) is 23.7 Å². The van der Waals surface area contributed by atoms with E-state index in [1.807, 2.05) is 6.92 Å². The topological polar surface area (TPSA) is 93.5 Å². The lowest BCUT2D eigenvalue weighted by Gasteiger charge is -2.02. The van der Waals surface area contributed by atoms with Crippen LogP contribution in [0.5, 0.6) is 0 Å². The molecule has 0 amide bonds. The molecule has 0 aliphatic carbocycles. The molecule has 0 aliphatic rings. The Balaban J connectivity index is 2.22. The molecule has 0 aromatic carbocycles. The van der Waals surface area contributed by atoms with E-state index in [-0.39, 0.29) is 5.69 Å². The zero-order valence-electron chi connectivity index (χ0n) is 9.66. The van der Waals surface area contributed by atoms with Crippen molar-refractivity contribution in [3.63, 3.8) is 0 Å². The van der Waals surface area contributed by atoms with Gasteiger partial charge in [0.25, 0.3) is 0 Å². The second-order valence-electron chi connectivity index (χ2n) is 3.48. The number of carbonyl (C=O) groups is 1. The summed E-state index contributed by atoms with van der Waals surface area (Å²) in [7, 11) is 0. The molecule has 0 aliphatic heterocycles. The molecule has 2 heterocycles. The molecule has 0 bridgehead atoms. The molecule has 0 radical (unpaired) electrons. The van der Waals surface area contributed by atoms with Crippen LogP contribution in [0.2, 0.25) is 0 Å². The first-order valence-corrected chi connectivity index (χ1v) is 6.16. The Hall–Kier alpha value is -1.96.